The molecule has 1 aliphatic heterocycles. The molecule has 1 heterocycles. The summed E-state index contributed by atoms with van der Waals surface area (Å²) in [5.74, 6) is -1.29. The Morgan fingerprint density at radius 3 is 2.06 bits per heavy atom. The van der Waals surface area contributed by atoms with E-state index in [0.717, 1.165) is 0 Å². The number of carbonyl (C=O) groups is 2. The van der Waals surface area contributed by atoms with E-state index in [9.17, 15) is 9.59 Å². The number of nitrogens with zero attached hydrogens (tertiary/aromatic N) is 1. The van der Waals surface area contributed by atoms with Crippen molar-refractivity contribution in [1.29, 1.82) is 0 Å². The highest BCUT2D eigenvalue weighted by Gasteiger charge is 2.32. The molecule has 1 aliphatic rings. The predicted molar refractivity (Wildman–Crippen MR) is 66.3 cm³/mol. The average Bonchev–Trinajstić information content (AvgIpc) is 2.38. The third kappa shape index (κ3) is 2.80. The normalized spacial score (nSPS) is 15.6. The Labute approximate surface area is 106 Å². The van der Waals surface area contributed by atoms with E-state index in [-0.39, 0.29) is 5.92 Å². The first-order valence-corrected chi connectivity index (χ1v) is 5.48. The molecule has 0 saturated heterocycles. The van der Waals surface area contributed by atoms with Crippen LogP contribution in [-0.2, 0) is 19.1 Å². The Kier molecular flexibility index (Phi) is 4.71. The fraction of sp³-hybridized carbons (Fsp3) is 0.385. The number of ether oxygens (including phenoxy) is 2. The fourth-order valence-electron chi connectivity index (χ4n) is 1.87. The molecule has 0 saturated carbocycles. The molecule has 0 aromatic heterocycles. The van der Waals surface area contributed by atoms with Crippen LogP contribution in [0.25, 0.3) is 0 Å². The molecule has 1 rings (SSSR count). The van der Waals surface area contributed by atoms with Crippen LogP contribution in [0.4, 0.5) is 0 Å². The molecule has 0 aromatic carbocycles. The molecular formula is C13H17NO4. The summed E-state index contributed by atoms with van der Waals surface area (Å²) in [5, 5.41) is 0. The van der Waals surface area contributed by atoms with Crippen molar-refractivity contribution in [2.24, 2.45) is 5.92 Å². The van der Waals surface area contributed by atoms with Crippen molar-refractivity contribution in [3.63, 3.8) is 0 Å². The Balaban J connectivity index is 3.15. The molecule has 0 unspecified atom stereocenters. The van der Waals surface area contributed by atoms with Gasteiger partial charge < -0.3 is 14.4 Å². The summed E-state index contributed by atoms with van der Waals surface area (Å²) in [6.45, 7) is 3.64. The minimum atomic E-state index is -0.455. The van der Waals surface area contributed by atoms with Crippen LogP contribution >= 0.6 is 0 Å². The van der Waals surface area contributed by atoms with Gasteiger partial charge in [0.05, 0.1) is 25.4 Å². The second kappa shape index (κ2) is 6.05. The lowest BCUT2D eigenvalue weighted by molar-refractivity contribution is -0.137. The maximum atomic E-state index is 11.7. The minimum Gasteiger partial charge on any atom is -0.466 e. The summed E-state index contributed by atoms with van der Waals surface area (Å²) < 4.78 is 9.46. The summed E-state index contributed by atoms with van der Waals surface area (Å²) in [4.78, 5) is 25.1. The van der Waals surface area contributed by atoms with Gasteiger partial charge in [0.1, 0.15) is 0 Å². The highest BCUT2D eigenvalue weighted by molar-refractivity contribution is 5.96. The number of allylic oxidation sites excluding steroid dienone is 1. The summed E-state index contributed by atoms with van der Waals surface area (Å²) in [6, 6.07) is 0. The molecule has 0 N–H and O–H groups in total. The molecule has 98 valence electrons. The monoisotopic (exact) mass is 251 g/mol. The van der Waals surface area contributed by atoms with E-state index in [2.05, 4.69) is 6.58 Å². The molecule has 0 spiro atoms. The first kappa shape index (κ1) is 14.0. The zero-order valence-corrected chi connectivity index (χ0v) is 10.8. The average molecular weight is 251 g/mol. The van der Waals surface area contributed by atoms with Crippen LogP contribution in [0.2, 0.25) is 0 Å². The van der Waals surface area contributed by atoms with Crippen molar-refractivity contribution in [2.45, 2.75) is 6.42 Å². The van der Waals surface area contributed by atoms with Crippen LogP contribution < -0.4 is 0 Å². The largest absolute Gasteiger partial charge is 0.466 e. The zero-order chi connectivity index (χ0) is 13.7. The maximum Gasteiger partial charge on any atom is 0.335 e. The molecule has 5 nitrogen and oxygen atoms in total. The minimum absolute atomic E-state index is 0.376. The van der Waals surface area contributed by atoms with Crippen molar-refractivity contribution >= 4 is 11.9 Å². The van der Waals surface area contributed by atoms with Gasteiger partial charge in [0.25, 0.3) is 0 Å². The van der Waals surface area contributed by atoms with E-state index >= 15 is 0 Å². The maximum absolute atomic E-state index is 11.7. The molecule has 0 radical (unpaired) electrons. The number of carbonyl (C=O) groups excluding carboxylic acids is 2. The summed E-state index contributed by atoms with van der Waals surface area (Å²) in [5.41, 5.74) is 0.839. The zero-order valence-electron chi connectivity index (χ0n) is 10.8. The summed E-state index contributed by atoms with van der Waals surface area (Å²) in [6.07, 6.45) is 5.41. The van der Waals surface area contributed by atoms with E-state index in [1.54, 1.807) is 30.4 Å². The molecule has 0 aromatic rings. The van der Waals surface area contributed by atoms with Gasteiger partial charge in [-0.2, -0.15) is 0 Å². The van der Waals surface area contributed by atoms with E-state index in [1.807, 2.05) is 0 Å². The van der Waals surface area contributed by atoms with E-state index in [1.165, 1.54) is 14.2 Å². The molecular weight excluding hydrogens is 234 g/mol. The Bertz CT molecular complexity index is 389. The SMILES string of the molecule is C=CCC1C(C(=O)OC)=CN(C)C=C1C(=O)OC. The smallest absolute Gasteiger partial charge is 0.335 e. The highest BCUT2D eigenvalue weighted by atomic mass is 16.5. The molecule has 0 atom stereocenters. The standard InChI is InChI=1S/C13H17NO4/c1-5-6-9-10(12(15)17-3)7-14(2)8-11(9)13(16)18-4/h5,7-9H,1,6H2,2-4H3. The van der Waals surface area contributed by atoms with E-state index in [4.69, 9.17) is 9.47 Å². The molecule has 0 aliphatic carbocycles. The van der Waals surface area contributed by atoms with Crippen molar-refractivity contribution in [3.8, 4) is 0 Å². The number of methoxy groups -OCH3 is 2. The Hall–Kier alpha value is -2.04. The van der Waals surface area contributed by atoms with Gasteiger partial charge in [0.2, 0.25) is 0 Å². The van der Waals surface area contributed by atoms with Gasteiger partial charge >= 0.3 is 11.9 Å². The summed E-state index contributed by atoms with van der Waals surface area (Å²) in [7, 11) is 4.35. The van der Waals surface area contributed by atoms with Crippen LogP contribution in [0.1, 0.15) is 6.42 Å². The van der Waals surface area contributed by atoms with Crippen LogP contribution in [0.5, 0.6) is 0 Å². The van der Waals surface area contributed by atoms with Crippen molar-refractivity contribution in [1.82, 2.24) is 4.90 Å². The third-order valence-electron chi connectivity index (χ3n) is 2.68. The lowest BCUT2D eigenvalue weighted by atomic mass is 9.87. The second-order valence-electron chi connectivity index (χ2n) is 3.89. The first-order chi connectivity index (χ1) is 8.54. The predicted octanol–water partition coefficient (Wildman–Crippen LogP) is 1.24. The fourth-order valence-corrected chi connectivity index (χ4v) is 1.87. The lowest BCUT2D eigenvalue weighted by Gasteiger charge is -2.26. The Morgan fingerprint density at radius 2 is 1.72 bits per heavy atom. The highest BCUT2D eigenvalue weighted by Crippen LogP contribution is 2.30. The van der Waals surface area contributed by atoms with Gasteiger partial charge in [-0.05, 0) is 6.42 Å². The second-order valence-corrected chi connectivity index (χ2v) is 3.89. The van der Waals surface area contributed by atoms with Gasteiger partial charge in [-0.15, -0.1) is 6.58 Å². The van der Waals surface area contributed by atoms with E-state index in [0.29, 0.717) is 17.6 Å². The number of hydrogen-bond acceptors (Lipinski definition) is 5. The summed E-state index contributed by atoms with van der Waals surface area (Å²) >= 11 is 0. The van der Waals surface area contributed by atoms with Crippen LogP contribution in [-0.4, -0.2) is 38.1 Å². The molecule has 0 amide bonds. The lowest BCUT2D eigenvalue weighted by Crippen LogP contribution is -2.28. The number of rotatable bonds is 4. The van der Waals surface area contributed by atoms with Gasteiger partial charge in [-0.3, -0.25) is 0 Å². The third-order valence-corrected chi connectivity index (χ3v) is 2.68. The first-order valence-electron chi connectivity index (χ1n) is 5.48. The topological polar surface area (TPSA) is 55.8 Å². The van der Waals surface area contributed by atoms with Crippen molar-refractivity contribution in [2.75, 3.05) is 21.3 Å². The van der Waals surface area contributed by atoms with Crippen LogP contribution in [0.15, 0.2) is 36.2 Å². The van der Waals surface area contributed by atoms with Gasteiger partial charge in [-0.25, -0.2) is 9.59 Å². The van der Waals surface area contributed by atoms with Gasteiger partial charge in [-0.1, -0.05) is 6.08 Å². The van der Waals surface area contributed by atoms with Gasteiger partial charge in [0.15, 0.2) is 0 Å². The van der Waals surface area contributed by atoms with Crippen LogP contribution in [0.3, 0.4) is 0 Å². The molecule has 0 bridgehead atoms. The number of hydrogen-bond donors (Lipinski definition) is 0. The molecule has 0 fully saturated rings. The Morgan fingerprint density at radius 1 is 1.28 bits per heavy atom. The molecule has 18 heavy (non-hydrogen) atoms. The quantitative estimate of drug-likeness (QED) is 0.556. The van der Waals surface area contributed by atoms with Crippen molar-refractivity contribution < 1.29 is 19.1 Å². The van der Waals surface area contributed by atoms with Crippen LogP contribution in [0, 0.1) is 5.92 Å². The van der Waals surface area contributed by atoms with E-state index < -0.39 is 11.9 Å². The molecule has 5 heteroatoms. The number of esters is 2. The van der Waals surface area contributed by atoms with Crippen molar-refractivity contribution in [3.05, 3.63) is 36.2 Å². The van der Waals surface area contributed by atoms with Gasteiger partial charge in [0, 0.05) is 25.4 Å².